The van der Waals surface area contributed by atoms with Gasteiger partial charge in [-0.3, -0.25) is 14.4 Å². The third-order valence-electron chi connectivity index (χ3n) is 6.16. The van der Waals surface area contributed by atoms with Gasteiger partial charge in [0.1, 0.15) is 6.04 Å². The number of anilines is 1. The largest absolute Gasteiger partial charge is 0.465 e. The second-order valence-corrected chi connectivity index (χ2v) is 9.73. The summed E-state index contributed by atoms with van der Waals surface area (Å²) in [5, 5.41) is 8.98. The van der Waals surface area contributed by atoms with Gasteiger partial charge in [-0.1, -0.05) is 19.0 Å². The Labute approximate surface area is 222 Å². The first-order valence-corrected chi connectivity index (χ1v) is 12.7. The van der Waals surface area contributed by atoms with E-state index < -0.39 is 18.2 Å². The molecule has 2 aliphatic rings. The van der Waals surface area contributed by atoms with Crippen LogP contribution in [0.1, 0.15) is 32.3 Å². The van der Waals surface area contributed by atoms with E-state index in [2.05, 4.69) is 20.7 Å². The quantitative estimate of drug-likeness (QED) is 0.138. The van der Waals surface area contributed by atoms with Crippen LogP contribution in [0.25, 0.3) is 0 Å². The van der Waals surface area contributed by atoms with E-state index in [9.17, 15) is 19.2 Å². The highest BCUT2D eigenvalue weighted by Gasteiger charge is 2.33. The van der Waals surface area contributed by atoms with E-state index in [1.807, 2.05) is 20.9 Å². The minimum absolute atomic E-state index is 0.0380. The van der Waals surface area contributed by atoms with Gasteiger partial charge in [0.15, 0.2) is 5.84 Å². The van der Waals surface area contributed by atoms with Crippen LogP contribution in [0.2, 0.25) is 0 Å². The van der Waals surface area contributed by atoms with Crippen LogP contribution in [0.3, 0.4) is 0 Å². The van der Waals surface area contributed by atoms with Crippen LogP contribution in [0.15, 0.2) is 29.4 Å². The average molecular weight is 532 g/mol. The van der Waals surface area contributed by atoms with Crippen LogP contribution < -0.4 is 21.3 Å². The minimum atomic E-state index is -0.678. The molecule has 1 atom stereocenters. The summed E-state index contributed by atoms with van der Waals surface area (Å²) >= 11 is 0. The second-order valence-electron chi connectivity index (χ2n) is 9.73. The summed E-state index contributed by atoms with van der Waals surface area (Å²) in [6, 6.07) is 5.58. The molecule has 1 unspecified atom stereocenters. The van der Waals surface area contributed by atoms with Crippen molar-refractivity contribution in [3.8, 4) is 0 Å². The summed E-state index contributed by atoms with van der Waals surface area (Å²) in [4.78, 5) is 59.1. The predicted molar refractivity (Wildman–Crippen MR) is 140 cm³/mol. The molecule has 2 saturated heterocycles. The van der Waals surface area contributed by atoms with Gasteiger partial charge in [-0.2, -0.15) is 0 Å². The highest BCUT2D eigenvalue weighted by atomic mass is 16.7. The Morgan fingerprint density at radius 2 is 1.79 bits per heavy atom. The second kappa shape index (κ2) is 13.6. The summed E-state index contributed by atoms with van der Waals surface area (Å²) in [5.74, 6) is -0.349. The van der Waals surface area contributed by atoms with Gasteiger partial charge < -0.3 is 35.8 Å². The summed E-state index contributed by atoms with van der Waals surface area (Å²) in [7, 11) is 1.99. The number of nitrogens with one attached hydrogen (secondary N) is 2. The molecule has 13 heteroatoms. The van der Waals surface area contributed by atoms with Crippen molar-refractivity contribution in [2.45, 2.75) is 32.7 Å². The molecule has 2 fully saturated rings. The van der Waals surface area contributed by atoms with Gasteiger partial charge >= 0.3 is 18.1 Å². The molecule has 3 rings (SSSR count). The van der Waals surface area contributed by atoms with E-state index >= 15 is 0 Å². The number of carbonyl (C=O) groups is 4. The molecule has 0 bridgehead atoms. The molecule has 4 N–H and O–H groups in total. The lowest BCUT2D eigenvalue weighted by Gasteiger charge is -2.30. The van der Waals surface area contributed by atoms with Crippen LogP contribution in [-0.4, -0.2) is 98.6 Å². The Morgan fingerprint density at radius 1 is 1.11 bits per heavy atom. The molecule has 13 nitrogen and oxygen atoms in total. The number of benzene rings is 1. The Kier molecular flexibility index (Phi) is 10.3. The molecule has 2 heterocycles. The first-order chi connectivity index (χ1) is 18.1. The molecule has 38 heavy (non-hydrogen) atoms. The third-order valence-corrected chi connectivity index (χ3v) is 6.16. The van der Waals surface area contributed by atoms with Crippen LogP contribution in [0.4, 0.5) is 15.3 Å². The van der Waals surface area contributed by atoms with E-state index in [1.165, 1.54) is 0 Å². The topological polar surface area (TPSA) is 159 Å². The number of rotatable bonds is 9. The van der Waals surface area contributed by atoms with Crippen molar-refractivity contribution < 1.29 is 28.8 Å². The highest BCUT2D eigenvalue weighted by Crippen LogP contribution is 2.22. The number of amides is 4. The van der Waals surface area contributed by atoms with Gasteiger partial charge in [0.2, 0.25) is 5.91 Å². The van der Waals surface area contributed by atoms with Gasteiger partial charge in [0.25, 0.3) is 0 Å². The molecule has 0 saturated carbocycles. The molecule has 1 aromatic rings. The molecule has 0 spiro atoms. The molecule has 0 aliphatic carbocycles. The number of oxime groups is 1. The van der Waals surface area contributed by atoms with Crippen molar-refractivity contribution in [3.63, 3.8) is 0 Å². The molecule has 2 aliphatic heterocycles. The predicted octanol–water partition coefficient (Wildman–Crippen LogP) is 0.685. The Hall–Kier alpha value is -3.87. The number of piperazine rings is 1. The lowest BCUT2D eigenvalue weighted by Crippen LogP contribution is -2.47. The SMILES string of the molecule is CC(C)COC(=O)CCNC(=O)NC1CCN(c2ccc(C(N)=NOC(=O)N3CCN(C)CC3)cc2)C1=O. The number of carbonyl (C=O) groups excluding carboxylic acids is 4. The monoisotopic (exact) mass is 531 g/mol. The summed E-state index contributed by atoms with van der Waals surface area (Å²) in [5.41, 5.74) is 7.15. The lowest BCUT2D eigenvalue weighted by atomic mass is 10.2. The maximum Gasteiger partial charge on any atom is 0.436 e. The molecule has 0 aromatic heterocycles. The molecule has 208 valence electrons. The molecular weight excluding hydrogens is 494 g/mol. The third kappa shape index (κ3) is 8.33. The zero-order valence-electron chi connectivity index (χ0n) is 22.1. The van der Waals surface area contributed by atoms with E-state index in [-0.39, 0.29) is 36.6 Å². The average Bonchev–Trinajstić information content (AvgIpc) is 3.25. The molecule has 4 amide bonds. The van der Waals surface area contributed by atoms with E-state index in [4.69, 9.17) is 15.3 Å². The van der Waals surface area contributed by atoms with Crippen LogP contribution in [-0.2, 0) is 19.2 Å². The van der Waals surface area contributed by atoms with Gasteiger partial charge in [-0.25, -0.2) is 9.59 Å². The van der Waals surface area contributed by atoms with Crippen LogP contribution in [0, 0.1) is 5.92 Å². The smallest absolute Gasteiger partial charge is 0.436 e. The summed E-state index contributed by atoms with van der Waals surface area (Å²) in [6.45, 7) is 7.41. The highest BCUT2D eigenvalue weighted by molar-refractivity contribution is 6.02. The Bertz CT molecular complexity index is 1020. The van der Waals surface area contributed by atoms with E-state index in [1.54, 1.807) is 34.1 Å². The number of amidine groups is 1. The fraction of sp³-hybridized carbons (Fsp3) is 0.560. The number of nitrogens with two attached hydrogens (primary N) is 1. The van der Waals surface area contributed by atoms with Crippen LogP contribution in [0.5, 0.6) is 0 Å². The number of hydrogen-bond acceptors (Lipinski definition) is 8. The first kappa shape index (κ1) is 28.7. The Morgan fingerprint density at radius 3 is 2.45 bits per heavy atom. The molecule has 1 aromatic carbocycles. The lowest BCUT2D eigenvalue weighted by molar-refractivity contribution is -0.144. The van der Waals surface area contributed by atoms with Crippen LogP contribution >= 0.6 is 0 Å². The van der Waals surface area contributed by atoms with Crippen molar-refractivity contribution in [3.05, 3.63) is 29.8 Å². The van der Waals surface area contributed by atoms with Gasteiger partial charge in [-0.15, -0.1) is 0 Å². The number of esters is 1. The van der Waals surface area contributed by atoms with Crippen molar-refractivity contribution in [2.24, 2.45) is 16.8 Å². The zero-order chi connectivity index (χ0) is 27.7. The normalized spacial score (nSPS) is 18.5. The zero-order valence-corrected chi connectivity index (χ0v) is 22.1. The van der Waals surface area contributed by atoms with Gasteiger partial charge in [0.05, 0.1) is 13.0 Å². The standard InChI is InChI=1S/C25H37N7O6/c1-17(2)16-37-21(33)8-10-27-24(35)28-20-9-11-32(23(20)34)19-6-4-18(5-7-19)22(26)29-38-25(36)31-14-12-30(3)13-15-31/h4-7,17,20H,8-16H2,1-3H3,(H2,26,29)(H2,27,28,35). The molecular formula is C25H37N7O6. The number of likely N-dealkylation sites (N-methyl/N-ethyl adjacent to an activating group) is 1. The fourth-order valence-corrected chi connectivity index (χ4v) is 3.89. The molecule has 0 radical (unpaired) electrons. The summed E-state index contributed by atoms with van der Waals surface area (Å²) in [6.07, 6.45) is -0.0522. The Balaban J connectivity index is 1.44. The number of hydrogen-bond donors (Lipinski definition) is 3. The number of nitrogens with zero attached hydrogens (tertiary/aromatic N) is 4. The maximum atomic E-state index is 12.8. The van der Waals surface area contributed by atoms with Crippen molar-refractivity contribution >= 4 is 35.5 Å². The van der Waals surface area contributed by atoms with E-state index in [0.29, 0.717) is 43.9 Å². The van der Waals surface area contributed by atoms with Crippen molar-refractivity contribution in [2.75, 3.05) is 57.8 Å². The van der Waals surface area contributed by atoms with Gasteiger partial charge in [0, 0.05) is 50.5 Å². The van der Waals surface area contributed by atoms with Gasteiger partial charge in [-0.05, 0) is 43.7 Å². The first-order valence-electron chi connectivity index (χ1n) is 12.7. The maximum absolute atomic E-state index is 12.8. The summed E-state index contributed by atoms with van der Waals surface area (Å²) < 4.78 is 5.06. The fourth-order valence-electron chi connectivity index (χ4n) is 3.89. The van der Waals surface area contributed by atoms with E-state index in [0.717, 1.165) is 13.1 Å². The number of ether oxygens (including phenoxy) is 1. The van der Waals surface area contributed by atoms with Crippen molar-refractivity contribution in [1.29, 1.82) is 0 Å². The number of urea groups is 1. The minimum Gasteiger partial charge on any atom is -0.465 e. The van der Waals surface area contributed by atoms with Crippen molar-refractivity contribution in [1.82, 2.24) is 20.4 Å².